The van der Waals surface area contributed by atoms with Crippen LogP contribution in [0.25, 0.3) is 0 Å². The molecular formula is C10H13BrClNOS. The van der Waals surface area contributed by atoms with Crippen molar-refractivity contribution in [3.63, 3.8) is 0 Å². The van der Waals surface area contributed by atoms with E-state index in [9.17, 15) is 4.21 Å². The molecule has 84 valence electrons. The molecule has 0 saturated heterocycles. The van der Waals surface area contributed by atoms with Crippen LogP contribution in [0.3, 0.4) is 0 Å². The average Bonchev–Trinajstić information content (AvgIpc) is 2.17. The molecule has 5 heteroatoms. The molecule has 0 radical (unpaired) electrons. The zero-order valence-electron chi connectivity index (χ0n) is 8.43. The lowest BCUT2D eigenvalue weighted by atomic mass is 10.2. The van der Waals surface area contributed by atoms with Gasteiger partial charge < -0.3 is 5.32 Å². The van der Waals surface area contributed by atoms with Crippen LogP contribution in [0.15, 0.2) is 22.7 Å². The highest BCUT2D eigenvalue weighted by Crippen LogP contribution is 2.20. The van der Waals surface area contributed by atoms with Gasteiger partial charge in [-0.05, 0) is 23.8 Å². The van der Waals surface area contributed by atoms with E-state index in [0.717, 1.165) is 21.6 Å². The van der Waals surface area contributed by atoms with E-state index in [2.05, 4.69) is 21.2 Å². The van der Waals surface area contributed by atoms with Crippen molar-refractivity contribution in [3.8, 4) is 0 Å². The Morgan fingerprint density at radius 2 is 2.27 bits per heavy atom. The molecule has 1 atom stereocenters. The summed E-state index contributed by atoms with van der Waals surface area (Å²) in [7, 11) is -0.738. The van der Waals surface area contributed by atoms with E-state index in [1.807, 2.05) is 18.2 Å². The molecule has 2 nitrogen and oxygen atoms in total. The summed E-state index contributed by atoms with van der Waals surface area (Å²) in [6.45, 7) is 1.45. The lowest BCUT2D eigenvalue weighted by molar-refractivity contribution is 0.676. The van der Waals surface area contributed by atoms with Crippen LogP contribution in [-0.2, 0) is 17.3 Å². The molecule has 0 amide bonds. The van der Waals surface area contributed by atoms with Crippen LogP contribution in [0.2, 0.25) is 5.02 Å². The lowest BCUT2D eigenvalue weighted by Crippen LogP contribution is -2.19. The molecule has 0 aromatic heterocycles. The number of halogens is 2. The molecule has 0 spiro atoms. The summed E-state index contributed by atoms with van der Waals surface area (Å²) < 4.78 is 11.8. The molecule has 0 aliphatic heterocycles. The molecule has 1 aromatic rings. The summed E-state index contributed by atoms with van der Waals surface area (Å²) >= 11 is 9.41. The van der Waals surface area contributed by atoms with Gasteiger partial charge in [-0.3, -0.25) is 4.21 Å². The predicted octanol–water partition coefficient (Wildman–Crippen LogP) is 2.57. The van der Waals surface area contributed by atoms with Crippen molar-refractivity contribution >= 4 is 38.3 Å². The molecule has 1 aromatic carbocycles. The third-order valence-electron chi connectivity index (χ3n) is 1.89. The molecule has 1 N–H and O–H groups in total. The van der Waals surface area contributed by atoms with E-state index >= 15 is 0 Å². The fourth-order valence-electron chi connectivity index (χ4n) is 1.12. The Hall–Kier alpha value is 0.1000. The van der Waals surface area contributed by atoms with E-state index in [1.54, 1.807) is 6.26 Å². The molecule has 1 rings (SSSR count). The molecular weight excluding hydrogens is 298 g/mol. The first-order valence-corrected chi connectivity index (χ1v) is 7.44. The first-order chi connectivity index (χ1) is 7.09. The first kappa shape index (κ1) is 13.2. The van der Waals surface area contributed by atoms with E-state index < -0.39 is 10.8 Å². The Morgan fingerprint density at radius 3 is 2.93 bits per heavy atom. The highest BCUT2D eigenvalue weighted by molar-refractivity contribution is 9.10. The van der Waals surface area contributed by atoms with Gasteiger partial charge >= 0.3 is 0 Å². The van der Waals surface area contributed by atoms with Gasteiger partial charge in [-0.2, -0.15) is 0 Å². The minimum Gasteiger partial charge on any atom is -0.312 e. The van der Waals surface area contributed by atoms with Gasteiger partial charge in [0.25, 0.3) is 0 Å². The number of rotatable bonds is 5. The molecule has 15 heavy (non-hydrogen) atoms. The van der Waals surface area contributed by atoms with Crippen molar-refractivity contribution in [1.29, 1.82) is 0 Å². The smallest absolute Gasteiger partial charge is 0.0451 e. The number of hydrogen-bond donors (Lipinski definition) is 1. The second kappa shape index (κ2) is 6.63. The van der Waals surface area contributed by atoms with Crippen molar-refractivity contribution in [3.05, 3.63) is 33.3 Å². The fourth-order valence-corrected chi connectivity index (χ4v) is 2.14. The van der Waals surface area contributed by atoms with Crippen LogP contribution in [0, 0.1) is 0 Å². The van der Waals surface area contributed by atoms with E-state index in [0.29, 0.717) is 12.3 Å². The van der Waals surface area contributed by atoms with Gasteiger partial charge in [0.05, 0.1) is 0 Å². The van der Waals surface area contributed by atoms with E-state index in [1.165, 1.54) is 0 Å². The largest absolute Gasteiger partial charge is 0.312 e. The van der Waals surface area contributed by atoms with Crippen LogP contribution < -0.4 is 5.32 Å². The number of benzene rings is 1. The SMILES string of the molecule is CS(=O)CCNCc1cc(Br)ccc1Cl. The average molecular weight is 311 g/mol. The lowest BCUT2D eigenvalue weighted by Gasteiger charge is -2.06. The molecule has 0 bridgehead atoms. The van der Waals surface area contributed by atoms with Crippen LogP contribution in [0.4, 0.5) is 0 Å². The summed E-state index contributed by atoms with van der Waals surface area (Å²) in [5.41, 5.74) is 1.05. The third-order valence-corrected chi connectivity index (χ3v) is 3.53. The van der Waals surface area contributed by atoms with Crippen molar-refractivity contribution in [2.24, 2.45) is 0 Å². The summed E-state index contributed by atoms with van der Waals surface area (Å²) in [5, 5.41) is 3.96. The minimum absolute atomic E-state index is 0.672. The Labute approximate surface area is 106 Å². The Balaban J connectivity index is 2.43. The number of nitrogens with one attached hydrogen (secondary N) is 1. The fraction of sp³-hybridized carbons (Fsp3) is 0.400. The van der Waals surface area contributed by atoms with E-state index in [-0.39, 0.29) is 0 Å². The van der Waals surface area contributed by atoms with Crippen LogP contribution in [0.5, 0.6) is 0 Å². The summed E-state index contributed by atoms with van der Waals surface area (Å²) in [6.07, 6.45) is 1.70. The van der Waals surface area contributed by atoms with Gasteiger partial charge in [0.2, 0.25) is 0 Å². The molecule has 1 unspecified atom stereocenters. The van der Waals surface area contributed by atoms with Gasteiger partial charge in [0.15, 0.2) is 0 Å². The quantitative estimate of drug-likeness (QED) is 0.847. The maximum atomic E-state index is 10.8. The molecule has 0 heterocycles. The van der Waals surface area contributed by atoms with Gasteiger partial charge in [-0.1, -0.05) is 27.5 Å². The second-order valence-electron chi connectivity index (χ2n) is 3.19. The van der Waals surface area contributed by atoms with Crippen molar-refractivity contribution < 1.29 is 4.21 Å². The maximum Gasteiger partial charge on any atom is 0.0451 e. The van der Waals surface area contributed by atoms with Gasteiger partial charge in [-0.15, -0.1) is 0 Å². The zero-order valence-corrected chi connectivity index (χ0v) is 11.6. The van der Waals surface area contributed by atoms with Crippen LogP contribution >= 0.6 is 27.5 Å². The number of hydrogen-bond acceptors (Lipinski definition) is 2. The second-order valence-corrected chi connectivity index (χ2v) is 6.07. The van der Waals surface area contributed by atoms with E-state index in [4.69, 9.17) is 11.6 Å². The normalized spacial score (nSPS) is 12.7. The van der Waals surface area contributed by atoms with Crippen molar-refractivity contribution in [2.75, 3.05) is 18.6 Å². The monoisotopic (exact) mass is 309 g/mol. The van der Waals surface area contributed by atoms with Crippen molar-refractivity contribution in [2.45, 2.75) is 6.54 Å². The maximum absolute atomic E-state index is 10.8. The minimum atomic E-state index is -0.738. The molecule has 0 fully saturated rings. The summed E-state index contributed by atoms with van der Waals surface area (Å²) in [4.78, 5) is 0. The highest BCUT2D eigenvalue weighted by Gasteiger charge is 2.00. The third kappa shape index (κ3) is 5.11. The molecule has 0 aliphatic rings. The Bertz CT molecular complexity index is 359. The van der Waals surface area contributed by atoms with Crippen LogP contribution in [-0.4, -0.2) is 22.8 Å². The standard InChI is InChI=1S/C10H13BrClNOS/c1-15(14)5-4-13-7-8-6-9(11)2-3-10(8)12/h2-3,6,13H,4-5,7H2,1H3. The Morgan fingerprint density at radius 1 is 1.53 bits per heavy atom. The summed E-state index contributed by atoms with van der Waals surface area (Å²) in [6, 6.07) is 5.76. The topological polar surface area (TPSA) is 29.1 Å². The van der Waals surface area contributed by atoms with Gasteiger partial charge in [0.1, 0.15) is 0 Å². The van der Waals surface area contributed by atoms with Gasteiger partial charge in [0, 0.05) is 45.4 Å². The Kier molecular flexibility index (Phi) is 5.82. The highest BCUT2D eigenvalue weighted by atomic mass is 79.9. The molecule has 0 aliphatic carbocycles. The zero-order chi connectivity index (χ0) is 11.3. The molecule has 0 saturated carbocycles. The summed E-state index contributed by atoms with van der Waals surface area (Å²) in [5.74, 6) is 0.672. The first-order valence-electron chi connectivity index (χ1n) is 4.54. The van der Waals surface area contributed by atoms with Crippen molar-refractivity contribution in [1.82, 2.24) is 5.32 Å². The van der Waals surface area contributed by atoms with Crippen LogP contribution in [0.1, 0.15) is 5.56 Å². The van der Waals surface area contributed by atoms with Gasteiger partial charge in [-0.25, -0.2) is 0 Å². The predicted molar refractivity (Wildman–Crippen MR) is 69.8 cm³/mol.